The average molecular weight is 364 g/mol. The summed E-state index contributed by atoms with van der Waals surface area (Å²) in [5.41, 5.74) is 3.12. The van der Waals surface area contributed by atoms with Gasteiger partial charge in [0.2, 0.25) is 0 Å². The predicted octanol–water partition coefficient (Wildman–Crippen LogP) is 5.15. The molecule has 0 bridgehead atoms. The fourth-order valence-electron chi connectivity index (χ4n) is 3.36. The third-order valence-electron chi connectivity index (χ3n) is 4.42. The Bertz CT molecular complexity index is 592. The van der Waals surface area contributed by atoms with Crippen LogP contribution in [0.4, 0.5) is 0 Å². The monoisotopic (exact) mass is 363 g/mol. The Hall–Kier alpha value is -0.640. The summed E-state index contributed by atoms with van der Waals surface area (Å²) in [6.45, 7) is 3.35. The van der Waals surface area contributed by atoms with Gasteiger partial charge >= 0.3 is 0 Å². The Kier molecular flexibility index (Phi) is 5.15. The SMILES string of the molecule is CCCNC(Cc1sccc1Br)C1CCc2ccccc21. The van der Waals surface area contributed by atoms with Crippen molar-refractivity contribution in [2.24, 2.45) is 0 Å². The molecule has 0 saturated carbocycles. The zero-order valence-electron chi connectivity index (χ0n) is 12.4. The van der Waals surface area contributed by atoms with Crippen molar-refractivity contribution in [2.45, 2.75) is 44.6 Å². The Morgan fingerprint density at radius 2 is 2.19 bits per heavy atom. The maximum Gasteiger partial charge on any atom is 0.0314 e. The number of rotatable bonds is 6. The molecule has 2 atom stereocenters. The summed E-state index contributed by atoms with van der Waals surface area (Å²) < 4.78 is 1.27. The largest absolute Gasteiger partial charge is 0.313 e. The molecule has 0 amide bonds. The minimum atomic E-state index is 0.545. The molecule has 1 aliphatic rings. The van der Waals surface area contributed by atoms with Gasteiger partial charge in [-0.2, -0.15) is 0 Å². The highest BCUT2D eigenvalue weighted by Crippen LogP contribution is 2.37. The van der Waals surface area contributed by atoms with Crippen molar-refractivity contribution in [3.8, 4) is 0 Å². The molecule has 3 rings (SSSR count). The highest BCUT2D eigenvalue weighted by atomic mass is 79.9. The van der Waals surface area contributed by atoms with Crippen LogP contribution in [0.3, 0.4) is 0 Å². The molecule has 0 radical (unpaired) electrons. The molecule has 2 unspecified atom stereocenters. The summed E-state index contributed by atoms with van der Waals surface area (Å²) in [5, 5.41) is 5.98. The van der Waals surface area contributed by atoms with Gasteiger partial charge in [0.1, 0.15) is 0 Å². The topological polar surface area (TPSA) is 12.0 Å². The second-order valence-electron chi connectivity index (χ2n) is 5.80. The molecule has 1 aromatic carbocycles. The molecule has 0 fully saturated rings. The zero-order valence-corrected chi connectivity index (χ0v) is 14.8. The quantitative estimate of drug-likeness (QED) is 0.747. The second-order valence-corrected chi connectivity index (χ2v) is 7.66. The molecule has 3 heteroatoms. The summed E-state index contributed by atoms with van der Waals surface area (Å²) in [6.07, 6.45) is 4.83. The van der Waals surface area contributed by atoms with E-state index in [2.05, 4.69) is 63.9 Å². The zero-order chi connectivity index (χ0) is 14.7. The van der Waals surface area contributed by atoms with E-state index in [0.29, 0.717) is 12.0 Å². The number of hydrogen-bond donors (Lipinski definition) is 1. The van der Waals surface area contributed by atoms with Crippen LogP contribution < -0.4 is 5.32 Å². The minimum Gasteiger partial charge on any atom is -0.313 e. The highest BCUT2D eigenvalue weighted by molar-refractivity contribution is 9.10. The first-order chi connectivity index (χ1) is 10.3. The summed E-state index contributed by atoms with van der Waals surface area (Å²) >= 11 is 5.55. The van der Waals surface area contributed by atoms with Crippen molar-refractivity contribution in [3.05, 3.63) is 56.2 Å². The number of fused-ring (bicyclic) bond motifs is 1. The summed E-state index contributed by atoms with van der Waals surface area (Å²) in [6, 6.07) is 11.7. The lowest BCUT2D eigenvalue weighted by Crippen LogP contribution is -2.36. The highest BCUT2D eigenvalue weighted by Gasteiger charge is 2.29. The third-order valence-corrected chi connectivity index (χ3v) is 6.37. The molecule has 1 aliphatic carbocycles. The van der Waals surface area contributed by atoms with Gasteiger partial charge in [0, 0.05) is 21.3 Å². The summed E-state index contributed by atoms with van der Waals surface area (Å²) in [7, 11) is 0. The number of aryl methyl sites for hydroxylation is 1. The van der Waals surface area contributed by atoms with E-state index in [1.807, 2.05) is 11.3 Å². The number of hydrogen-bond acceptors (Lipinski definition) is 2. The van der Waals surface area contributed by atoms with Crippen LogP contribution in [-0.4, -0.2) is 12.6 Å². The fourth-order valence-corrected chi connectivity index (χ4v) is 4.94. The maximum absolute atomic E-state index is 3.80. The molecule has 0 aliphatic heterocycles. The molecule has 2 aromatic rings. The summed E-state index contributed by atoms with van der Waals surface area (Å²) in [5.74, 6) is 0.654. The Morgan fingerprint density at radius 1 is 1.33 bits per heavy atom. The summed E-state index contributed by atoms with van der Waals surface area (Å²) in [4.78, 5) is 1.47. The van der Waals surface area contributed by atoms with Gasteiger partial charge in [0.25, 0.3) is 0 Å². The van der Waals surface area contributed by atoms with Crippen molar-refractivity contribution in [2.75, 3.05) is 6.54 Å². The average Bonchev–Trinajstić information content (AvgIpc) is 3.10. The molecule has 0 saturated heterocycles. The normalized spacial score (nSPS) is 18.7. The van der Waals surface area contributed by atoms with Gasteiger partial charge < -0.3 is 5.32 Å². The van der Waals surface area contributed by atoms with Crippen LogP contribution in [0.15, 0.2) is 40.2 Å². The van der Waals surface area contributed by atoms with Crippen molar-refractivity contribution in [1.29, 1.82) is 0 Å². The Morgan fingerprint density at radius 3 is 2.95 bits per heavy atom. The first kappa shape index (κ1) is 15.3. The molecular weight excluding hydrogens is 342 g/mol. The van der Waals surface area contributed by atoms with Crippen LogP contribution in [0.1, 0.15) is 41.7 Å². The van der Waals surface area contributed by atoms with Gasteiger partial charge in [-0.1, -0.05) is 31.2 Å². The molecule has 21 heavy (non-hydrogen) atoms. The van der Waals surface area contributed by atoms with E-state index in [1.165, 1.54) is 28.6 Å². The van der Waals surface area contributed by atoms with E-state index in [4.69, 9.17) is 0 Å². The van der Waals surface area contributed by atoms with Gasteiger partial charge in [-0.05, 0) is 70.7 Å². The number of thiophene rings is 1. The van der Waals surface area contributed by atoms with Crippen LogP contribution in [0.2, 0.25) is 0 Å². The van der Waals surface area contributed by atoms with E-state index in [-0.39, 0.29) is 0 Å². The molecule has 0 spiro atoms. The van der Waals surface area contributed by atoms with Gasteiger partial charge in [-0.15, -0.1) is 11.3 Å². The van der Waals surface area contributed by atoms with E-state index in [1.54, 1.807) is 11.1 Å². The predicted molar refractivity (Wildman–Crippen MR) is 95.3 cm³/mol. The van der Waals surface area contributed by atoms with Crippen molar-refractivity contribution >= 4 is 27.3 Å². The van der Waals surface area contributed by atoms with Crippen LogP contribution in [-0.2, 0) is 12.8 Å². The molecule has 1 nitrogen and oxygen atoms in total. The Labute approximate surface area is 139 Å². The van der Waals surface area contributed by atoms with E-state index >= 15 is 0 Å². The van der Waals surface area contributed by atoms with Gasteiger partial charge in [-0.3, -0.25) is 0 Å². The lowest BCUT2D eigenvalue weighted by Gasteiger charge is -2.25. The smallest absolute Gasteiger partial charge is 0.0314 e. The van der Waals surface area contributed by atoms with Crippen molar-refractivity contribution < 1.29 is 0 Å². The third kappa shape index (κ3) is 3.41. The first-order valence-electron chi connectivity index (χ1n) is 7.82. The number of halogens is 1. The maximum atomic E-state index is 3.80. The number of nitrogens with one attached hydrogen (secondary N) is 1. The van der Waals surface area contributed by atoms with E-state index in [0.717, 1.165) is 13.0 Å². The van der Waals surface area contributed by atoms with E-state index in [9.17, 15) is 0 Å². The Balaban J connectivity index is 1.81. The van der Waals surface area contributed by atoms with Crippen LogP contribution in [0, 0.1) is 0 Å². The lowest BCUT2D eigenvalue weighted by atomic mass is 9.90. The number of benzene rings is 1. The standard InChI is InChI=1S/C18H22BrNS/c1-2-10-20-17(12-18-16(19)9-11-21-18)15-8-7-13-5-3-4-6-14(13)15/h3-6,9,11,15,17,20H,2,7-8,10,12H2,1H3. The van der Waals surface area contributed by atoms with Gasteiger partial charge in [-0.25, -0.2) is 0 Å². The molecule has 112 valence electrons. The minimum absolute atomic E-state index is 0.545. The lowest BCUT2D eigenvalue weighted by molar-refractivity contribution is 0.427. The first-order valence-corrected chi connectivity index (χ1v) is 9.50. The van der Waals surface area contributed by atoms with Crippen molar-refractivity contribution in [3.63, 3.8) is 0 Å². The molecule has 1 aromatic heterocycles. The van der Waals surface area contributed by atoms with Crippen molar-refractivity contribution in [1.82, 2.24) is 5.32 Å². The van der Waals surface area contributed by atoms with E-state index < -0.39 is 0 Å². The molecular formula is C18H22BrNS. The fraction of sp³-hybridized carbons (Fsp3) is 0.444. The van der Waals surface area contributed by atoms with Gasteiger partial charge in [0.05, 0.1) is 0 Å². The molecule has 1 heterocycles. The van der Waals surface area contributed by atoms with Gasteiger partial charge in [0.15, 0.2) is 0 Å². The van der Waals surface area contributed by atoms with Crippen LogP contribution in [0.25, 0.3) is 0 Å². The van der Waals surface area contributed by atoms with Crippen LogP contribution >= 0.6 is 27.3 Å². The second kappa shape index (κ2) is 7.08. The van der Waals surface area contributed by atoms with Crippen LogP contribution in [0.5, 0.6) is 0 Å². The molecule has 1 N–H and O–H groups in total.